The third-order valence-corrected chi connectivity index (χ3v) is 3.39. The lowest BCUT2D eigenvalue weighted by Gasteiger charge is -2.27. The summed E-state index contributed by atoms with van der Waals surface area (Å²) >= 11 is 0. The van der Waals surface area contributed by atoms with E-state index >= 15 is 0 Å². The second kappa shape index (κ2) is 11.3. The topological polar surface area (TPSA) is 70.1 Å². The first-order valence-corrected chi connectivity index (χ1v) is 8.54. The summed E-state index contributed by atoms with van der Waals surface area (Å²) in [5.74, 6) is -0.835. The summed E-state index contributed by atoms with van der Waals surface area (Å²) in [7, 11) is 1.67. The Bertz CT molecular complexity index is 353. The number of amides is 1. The summed E-state index contributed by atoms with van der Waals surface area (Å²) in [5.41, 5.74) is -0.522. The van der Waals surface area contributed by atoms with Crippen LogP contribution in [0.1, 0.15) is 59.8 Å². The predicted octanol–water partition coefficient (Wildman–Crippen LogP) is 3.21. The normalized spacial score (nSPS) is 11.6. The first kappa shape index (κ1) is 21.7. The van der Waals surface area contributed by atoms with Crippen LogP contribution in [0.4, 0.5) is 4.79 Å². The number of hydrogen-bond acceptors (Lipinski definition) is 4. The number of aliphatic carboxylic acids is 1. The average Bonchev–Trinajstić information content (AvgIpc) is 2.41. The molecule has 23 heavy (non-hydrogen) atoms. The summed E-state index contributed by atoms with van der Waals surface area (Å²) in [4.78, 5) is 26.2. The molecule has 0 atom stereocenters. The molecule has 0 saturated carbocycles. The summed E-state index contributed by atoms with van der Waals surface area (Å²) in [6.07, 6.45) is 5.33. The van der Waals surface area contributed by atoms with Crippen LogP contribution in [0.2, 0.25) is 0 Å². The molecule has 0 aromatic carbocycles. The maximum atomic E-state index is 11.9. The molecule has 0 spiro atoms. The molecule has 136 valence electrons. The van der Waals surface area contributed by atoms with Crippen LogP contribution in [0.25, 0.3) is 0 Å². The molecule has 0 aliphatic heterocycles. The minimum absolute atomic E-state index is 0.00986. The third-order valence-electron chi connectivity index (χ3n) is 3.39. The lowest BCUT2D eigenvalue weighted by Crippen LogP contribution is -2.41. The molecule has 6 nitrogen and oxygen atoms in total. The van der Waals surface area contributed by atoms with Crippen molar-refractivity contribution in [1.29, 1.82) is 0 Å². The zero-order valence-corrected chi connectivity index (χ0v) is 15.4. The molecule has 0 aromatic heterocycles. The molecule has 0 bridgehead atoms. The van der Waals surface area contributed by atoms with Gasteiger partial charge in [0.05, 0.1) is 6.54 Å². The summed E-state index contributed by atoms with van der Waals surface area (Å²) in [5, 5.41) is 9.01. The SMILES string of the molecule is CCCCCCCN(CCN(C)C(=O)OC(C)(C)C)CC(=O)O. The van der Waals surface area contributed by atoms with E-state index in [-0.39, 0.29) is 12.6 Å². The van der Waals surface area contributed by atoms with Gasteiger partial charge in [-0.05, 0) is 33.7 Å². The van der Waals surface area contributed by atoms with Gasteiger partial charge < -0.3 is 14.7 Å². The first-order chi connectivity index (χ1) is 10.7. The zero-order chi connectivity index (χ0) is 17.9. The first-order valence-electron chi connectivity index (χ1n) is 8.54. The minimum atomic E-state index is -0.835. The van der Waals surface area contributed by atoms with Gasteiger partial charge in [-0.1, -0.05) is 32.6 Å². The van der Waals surface area contributed by atoms with E-state index in [1.807, 2.05) is 25.7 Å². The number of ether oxygens (including phenoxy) is 1. The molecule has 0 saturated heterocycles. The van der Waals surface area contributed by atoms with Gasteiger partial charge >= 0.3 is 12.1 Å². The van der Waals surface area contributed by atoms with E-state index in [4.69, 9.17) is 9.84 Å². The Morgan fingerprint density at radius 2 is 1.61 bits per heavy atom. The number of carboxylic acid groups (broad SMARTS) is 1. The van der Waals surface area contributed by atoms with E-state index in [2.05, 4.69) is 6.92 Å². The number of carbonyl (C=O) groups excluding carboxylic acids is 1. The van der Waals surface area contributed by atoms with E-state index in [0.717, 1.165) is 19.4 Å². The van der Waals surface area contributed by atoms with Crippen molar-refractivity contribution in [3.63, 3.8) is 0 Å². The van der Waals surface area contributed by atoms with Crippen molar-refractivity contribution >= 4 is 12.1 Å². The number of carboxylic acids is 1. The van der Waals surface area contributed by atoms with E-state index in [9.17, 15) is 9.59 Å². The van der Waals surface area contributed by atoms with Crippen LogP contribution in [-0.2, 0) is 9.53 Å². The quantitative estimate of drug-likeness (QED) is 0.589. The van der Waals surface area contributed by atoms with Crippen molar-refractivity contribution in [2.45, 2.75) is 65.4 Å². The summed E-state index contributed by atoms with van der Waals surface area (Å²) in [6, 6.07) is 0. The lowest BCUT2D eigenvalue weighted by molar-refractivity contribution is -0.138. The van der Waals surface area contributed by atoms with Crippen molar-refractivity contribution in [3.05, 3.63) is 0 Å². The number of hydrogen-bond donors (Lipinski definition) is 1. The monoisotopic (exact) mass is 330 g/mol. The largest absolute Gasteiger partial charge is 0.480 e. The Morgan fingerprint density at radius 1 is 1.00 bits per heavy atom. The maximum Gasteiger partial charge on any atom is 0.410 e. The molecular formula is C17H34N2O4. The molecule has 0 fully saturated rings. The fraction of sp³-hybridized carbons (Fsp3) is 0.882. The number of carbonyl (C=O) groups is 2. The molecule has 6 heteroatoms. The molecule has 0 unspecified atom stereocenters. The van der Waals surface area contributed by atoms with E-state index in [1.54, 1.807) is 7.05 Å². The van der Waals surface area contributed by atoms with Gasteiger partial charge in [0.2, 0.25) is 0 Å². The van der Waals surface area contributed by atoms with E-state index in [0.29, 0.717) is 13.1 Å². The van der Waals surface area contributed by atoms with Gasteiger partial charge in [0.25, 0.3) is 0 Å². The van der Waals surface area contributed by atoms with Crippen LogP contribution in [-0.4, -0.2) is 65.8 Å². The van der Waals surface area contributed by atoms with Gasteiger partial charge in [0.1, 0.15) is 5.60 Å². The molecule has 0 heterocycles. The Balaban J connectivity index is 4.21. The Morgan fingerprint density at radius 3 is 2.13 bits per heavy atom. The molecule has 0 radical (unpaired) electrons. The van der Waals surface area contributed by atoms with Crippen LogP contribution in [0.15, 0.2) is 0 Å². The Labute approximate surface area is 140 Å². The molecule has 0 aliphatic rings. The fourth-order valence-electron chi connectivity index (χ4n) is 2.12. The van der Waals surface area contributed by atoms with E-state index < -0.39 is 11.6 Å². The van der Waals surface area contributed by atoms with Crippen LogP contribution in [0.3, 0.4) is 0 Å². The van der Waals surface area contributed by atoms with Crippen LogP contribution < -0.4 is 0 Å². The number of likely N-dealkylation sites (N-methyl/N-ethyl adjacent to an activating group) is 1. The number of nitrogens with zero attached hydrogens (tertiary/aromatic N) is 2. The Kier molecular flexibility index (Phi) is 10.6. The summed E-state index contributed by atoms with van der Waals surface area (Å²) < 4.78 is 5.29. The van der Waals surface area contributed by atoms with E-state index in [1.165, 1.54) is 24.2 Å². The van der Waals surface area contributed by atoms with Gasteiger partial charge in [-0.2, -0.15) is 0 Å². The highest BCUT2D eigenvalue weighted by Gasteiger charge is 2.20. The molecule has 0 aromatic rings. The standard InChI is InChI=1S/C17H34N2O4/c1-6-7-8-9-10-11-19(14-15(20)21)13-12-18(5)16(22)23-17(2,3)4/h6-14H2,1-5H3,(H,20,21). The van der Waals surface area contributed by atoms with Gasteiger partial charge in [-0.25, -0.2) is 4.79 Å². The maximum absolute atomic E-state index is 11.9. The van der Waals surface area contributed by atoms with Crippen LogP contribution in [0.5, 0.6) is 0 Å². The predicted molar refractivity (Wildman–Crippen MR) is 91.7 cm³/mol. The molecule has 1 amide bonds. The van der Waals surface area contributed by atoms with Gasteiger partial charge in [0.15, 0.2) is 0 Å². The van der Waals surface area contributed by atoms with Crippen molar-refractivity contribution in [3.8, 4) is 0 Å². The molecule has 0 rings (SSSR count). The van der Waals surface area contributed by atoms with Crippen molar-refractivity contribution in [2.75, 3.05) is 33.2 Å². The average molecular weight is 330 g/mol. The number of unbranched alkanes of at least 4 members (excludes halogenated alkanes) is 4. The second-order valence-electron chi connectivity index (χ2n) is 6.99. The van der Waals surface area contributed by atoms with Crippen LogP contribution >= 0.6 is 0 Å². The molecule has 1 N–H and O–H groups in total. The zero-order valence-electron chi connectivity index (χ0n) is 15.4. The lowest BCUT2D eigenvalue weighted by atomic mass is 10.1. The van der Waals surface area contributed by atoms with Gasteiger partial charge in [-0.15, -0.1) is 0 Å². The Hall–Kier alpha value is -1.30. The highest BCUT2D eigenvalue weighted by atomic mass is 16.6. The van der Waals surface area contributed by atoms with Gasteiger partial charge in [0, 0.05) is 20.1 Å². The van der Waals surface area contributed by atoms with Gasteiger partial charge in [-0.3, -0.25) is 9.69 Å². The molecular weight excluding hydrogens is 296 g/mol. The van der Waals surface area contributed by atoms with Crippen molar-refractivity contribution in [2.24, 2.45) is 0 Å². The highest BCUT2D eigenvalue weighted by molar-refractivity contribution is 5.69. The smallest absolute Gasteiger partial charge is 0.410 e. The third kappa shape index (κ3) is 12.9. The number of rotatable bonds is 11. The van der Waals surface area contributed by atoms with Crippen molar-refractivity contribution in [1.82, 2.24) is 9.80 Å². The summed E-state index contributed by atoms with van der Waals surface area (Å²) in [6.45, 7) is 9.40. The van der Waals surface area contributed by atoms with Crippen molar-refractivity contribution < 1.29 is 19.4 Å². The minimum Gasteiger partial charge on any atom is -0.480 e. The molecule has 0 aliphatic carbocycles. The van der Waals surface area contributed by atoms with Crippen LogP contribution in [0, 0.1) is 0 Å². The fourth-order valence-corrected chi connectivity index (χ4v) is 2.12. The second-order valence-corrected chi connectivity index (χ2v) is 6.99. The highest BCUT2D eigenvalue weighted by Crippen LogP contribution is 2.09.